The third kappa shape index (κ3) is 1.27. The lowest BCUT2D eigenvalue weighted by Gasteiger charge is -2.10. The fourth-order valence-electron chi connectivity index (χ4n) is 2.27. The highest BCUT2D eigenvalue weighted by atomic mass is 16.3. The summed E-state index contributed by atoms with van der Waals surface area (Å²) in [6, 6.07) is 14.5. The average molecular weight is 198 g/mol. The van der Waals surface area contributed by atoms with Crippen LogP contribution >= 0.6 is 0 Å². The first-order chi connectivity index (χ1) is 7.20. The van der Waals surface area contributed by atoms with Gasteiger partial charge in [0, 0.05) is 0 Å². The first-order valence-electron chi connectivity index (χ1n) is 5.42. The van der Waals surface area contributed by atoms with Crippen molar-refractivity contribution in [1.82, 2.24) is 0 Å². The van der Waals surface area contributed by atoms with Crippen molar-refractivity contribution in [3.63, 3.8) is 0 Å². The van der Waals surface area contributed by atoms with Gasteiger partial charge >= 0.3 is 0 Å². The fraction of sp³-hybridized carbons (Fsp3) is 0.286. The van der Waals surface area contributed by atoms with E-state index < -0.39 is 5.60 Å². The molecule has 1 saturated carbocycles. The molecule has 1 nitrogen and oxygen atoms in total. The van der Waals surface area contributed by atoms with Crippen LogP contribution in [0.3, 0.4) is 0 Å². The van der Waals surface area contributed by atoms with Crippen LogP contribution in [0.15, 0.2) is 42.5 Å². The molecule has 0 spiro atoms. The maximum absolute atomic E-state index is 10.2. The van der Waals surface area contributed by atoms with Crippen molar-refractivity contribution in [2.45, 2.75) is 18.9 Å². The Morgan fingerprint density at radius 3 is 2.47 bits per heavy atom. The highest BCUT2D eigenvalue weighted by Crippen LogP contribution is 2.51. The molecule has 2 aromatic carbocycles. The lowest BCUT2D eigenvalue weighted by atomic mass is 10.0. The normalized spacial score (nSPS) is 29.3. The Morgan fingerprint density at radius 2 is 1.80 bits per heavy atom. The zero-order valence-corrected chi connectivity index (χ0v) is 8.77. The zero-order valence-electron chi connectivity index (χ0n) is 8.77. The molecule has 0 heterocycles. The van der Waals surface area contributed by atoms with E-state index in [1.165, 1.54) is 10.8 Å². The summed E-state index contributed by atoms with van der Waals surface area (Å²) in [4.78, 5) is 0. The molecular formula is C14H14O. The third-order valence-corrected chi connectivity index (χ3v) is 3.52. The van der Waals surface area contributed by atoms with E-state index in [0.717, 1.165) is 12.0 Å². The Kier molecular flexibility index (Phi) is 1.68. The van der Waals surface area contributed by atoms with E-state index in [-0.39, 0.29) is 0 Å². The fourth-order valence-corrected chi connectivity index (χ4v) is 2.27. The van der Waals surface area contributed by atoms with Crippen molar-refractivity contribution < 1.29 is 5.11 Å². The maximum atomic E-state index is 10.2. The molecule has 1 aliphatic carbocycles. The molecular weight excluding hydrogens is 184 g/mol. The molecule has 0 saturated heterocycles. The minimum absolute atomic E-state index is 0.402. The van der Waals surface area contributed by atoms with Gasteiger partial charge in [0.25, 0.3) is 0 Å². The second-order valence-electron chi connectivity index (χ2n) is 4.59. The number of rotatable bonds is 1. The highest BCUT2D eigenvalue weighted by molar-refractivity contribution is 5.83. The Hall–Kier alpha value is -1.34. The van der Waals surface area contributed by atoms with Gasteiger partial charge in [-0.2, -0.15) is 0 Å². The minimum Gasteiger partial charge on any atom is -0.385 e. The van der Waals surface area contributed by atoms with E-state index in [9.17, 15) is 5.11 Å². The SMILES string of the molecule is CC1CC1(O)c1ccc2ccccc2c1. The molecule has 0 amide bonds. The summed E-state index contributed by atoms with van der Waals surface area (Å²) in [5.41, 5.74) is 0.512. The Bertz CT molecular complexity index is 517. The molecule has 0 aliphatic heterocycles. The lowest BCUT2D eigenvalue weighted by molar-refractivity contribution is 0.135. The van der Waals surface area contributed by atoms with E-state index in [2.05, 4.69) is 31.2 Å². The molecule has 3 rings (SSSR count). The number of hydrogen-bond acceptors (Lipinski definition) is 1. The Morgan fingerprint density at radius 1 is 1.13 bits per heavy atom. The van der Waals surface area contributed by atoms with Crippen LogP contribution in [-0.4, -0.2) is 5.11 Å². The van der Waals surface area contributed by atoms with Crippen molar-refractivity contribution in [1.29, 1.82) is 0 Å². The van der Waals surface area contributed by atoms with Crippen molar-refractivity contribution in [3.8, 4) is 0 Å². The van der Waals surface area contributed by atoms with E-state index in [1.807, 2.05) is 18.2 Å². The number of hydrogen-bond donors (Lipinski definition) is 1. The maximum Gasteiger partial charge on any atom is 0.0927 e. The number of aliphatic hydroxyl groups is 1. The topological polar surface area (TPSA) is 20.2 Å². The summed E-state index contributed by atoms with van der Waals surface area (Å²) in [5.74, 6) is 0.402. The zero-order chi connectivity index (χ0) is 10.5. The van der Waals surface area contributed by atoms with E-state index in [1.54, 1.807) is 0 Å². The molecule has 76 valence electrons. The molecule has 1 heteroatoms. The van der Waals surface area contributed by atoms with Gasteiger partial charge in [0.05, 0.1) is 5.60 Å². The van der Waals surface area contributed by atoms with Gasteiger partial charge in [0.1, 0.15) is 0 Å². The van der Waals surface area contributed by atoms with E-state index in [4.69, 9.17) is 0 Å². The van der Waals surface area contributed by atoms with Gasteiger partial charge in [-0.3, -0.25) is 0 Å². The van der Waals surface area contributed by atoms with Gasteiger partial charge in [-0.15, -0.1) is 0 Å². The summed E-state index contributed by atoms with van der Waals surface area (Å²) >= 11 is 0. The molecule has 1 aliphatic rings. The van der Waals surface area contributed by atoms with Gasteiger partial charge in [0.2, 0.25) is 0 Å². The van der Waals surface area contributed by atoms with Crippen LogP contribution in [0.1, 0.15) is 18.9 Å². The molecule has 2 aromatic rings. The van der Waals surface area contributed by atoms with Crippen molar-refractivity contribution in [2.75, 3.05) is 0 Å². The van der Waals surface area contributed by atoms with Crippen LogP contribution in [-0.2, 0) is 5.60 Å². The first kappa shape index (κ1) is 8.93. The molecule has 0 radical (unpaired) electrons. The van der Waals surface area contributed by atoms with Crippen LogP contribution < -0.4 is 0 Å². The smallest absolute Gasteiger partial charge is 0.0927 e. The van der Waals surface area contributed by atoms with Crippen LogP contribution in [0.4, 0.5) is 0 Å². The summed E-state index contributed by atoms with van der Waals surface area (Å²) < 4.78 is 0. The molecule has 0 bridgehead atoms. The summed E-state index contributed by atoms with van der Waals surface area (Å²) in [6.07, 6.45) is 0.894. The van der Waals surface area contributed by atoms with Gasteiger partial charge in [0.15, 0.2) is 0 Å². The highest BCUT2D eigenvalue weighted by Gasteiger charge is 2.50. The number of benzene rings is 2. The monoisotopic (exact) mass is 198 g/mol. The Labute approximate surface area is 89.4 Å². The van der Waals surface area contributed by atoms with Crippen LogP contribution in [0.25, 0.3) is 10.8 Å². The van der Waals surface area contributed by atoms with Gasteiger partial charge in [-0.05, 0) is 34.7 Å². The third-order valence-electron chi connectivity index (χ3n) is 3.52. The van der Waals surface area contributed by atoms with Gasteiger partial charge < -0.3 is 5.11 Å². The second kappa shape index (κ2) is 2.83. The minimum atomic E-state index is -0.552. The first-order valence-corrected chi connectivity index (χ1v) is 5.42. The van der Waals surface area contributed by atoms with Crippen molar-refractivity contribution >= 4 is 10.8 Å². The molecule has 1 N–H and O–H groups in total. The molecule has 0 aromatic heterocycles. The van der Waals surface area contributed by atoms with E-state index >= 15 is 0 Å². The summed E-state index contributed by atoms with van der Waals surface area (Å²) in [5, 5.41) is 12.7. The predicted octanol–water partition coefficient (Wildman–Crippen LogP) is 3.07. The summed E-state index contributed by atoms with van der Waals surface area (Å²) in [7, 11) is 0. The largest absolute Gasteiger partial charge is 0.385 e. The van der Waals surface area contributed by atoms with Crippen molar-refractivity contribution in [2.24, 2.45) is 5.92 Å². The van der Waals surface area contributed by atoms with Gasteiger partial charge in [-0.25, -0.2) is 0 Å². The van der Waals surface area contributed by atoms with E-state index in [0.29, 0.717) is 5.92 Å². The molecule has 1 fully saturated rings. The number of fused-ring (bicyclic) bond motifs is 1. The molecule has 2 unspecified atom stereocenters. The predicted molar refractivity (Wildman–Crippen MR) is 61.6 cm³/mol. The Balaban J connectivity index is 2.15. The molecule has 2 atom stereocenters. The standard InChI is InChI=1S/C14H14O/c1-10-9-14(10,15)13-7-6-11-4-2-3-5-12(11)8-13/h2-8,10,15H,9H2,1H3. The van der Waals surface area contributed by atoms with Crippen LogP contribution in [0.5, 0.6) is 0 Å². The quantitative estimate of drug-likeness (QED) is 0.746. The second-order valence-corrected chi connectivity index (χ2v) is 4.59. The lowest BCUT2D eigenvalue weighted by Crippen LogP contribution is -2.06. The van der Waals surface area contributed by atoms with Crippen LogP contribution in [0, 0.1) is 5.92 Å². The van der Waals surface area contributed by atoms with Crippen LogP contribution in [0.2, 0.25) is 0 Å². The summed E-state index contributed by atoms with van der Waals surface area (Å²) in [6.45, 7) is 2.09. The van der Waals surface area contributed by atoms with Crippen molar-refractivity contribution in [3.05, 3.63) is 48.0 Å². The van der Waals surface area contributed by atoms with Gasteiger partial charge in [-0.1, -0.05) is 43.3 Å². The average Bonchev–Trinajstić information content (AvgIpc) is 2.88. The molecule has 15 heavy (non-hydrogen) atoms.